The van der Waals surface area contributed by atoms with E-state index in [2.05, 4.69) is 21.3 Å². The minimum Gasteiger partial charge on any atom is -0.508 e. The van der Waals surface area contributed by atoms with Gasteiger partial charge < -0.3 is 79.0 Å². The fourth-order valence-electron chi connectivity index (χ4n) is 14.3. The van der Waals surface area contributed by atoms with Gasteiger partial charge in [-0.2, -0.15) is 0 Å². The molecule has 0 spiro atoms. The van der Waals surface area contributed by atoms with Crippen molar-refractivity contribution in [3.05, 3.63) is 275 Å². The third kappa shape index (κ3) is 43.1. The molecule has 0 radical (unpaired) electrons. The molecule has 0 saturated heterocycles. The third-order valence-electron chi connectivity index (χ3n) is 21.6. The van der Waals surface area contributed by atoms with Crippen molar-refractivity contribution in [3.63, 3.8) is 0 Å². The maximum atomic E-state index is 14.5. The summed E-state index contributed by atoms with van der Waals surface area (Å²) in [6.45, 7) is 4.76. The van der Waals surface area contributed by atoms with Crippen LogP contribution >= 0.6 is 0 Å². The van der Waals surface area contributed by atoms with Crippen molar-refractivity contribution in [2.45, 2.75) is 193 Å². The van der Waals surface area contributed by atoms with Gasteiger partial charge in [-0.3, -0.25) is 57.5 Å². The Bertz CT molecular complexity index is 4570. The maximum Gasteiger partial charge on any atom is 0.306 e. The predicted octanol–water partition coefficient (Wildman–Crippen LogP) is 12.8. The number of amides is 4. The number of ketones is 6. The molecule has 0 aromatic heterocycles. The van der Waals surface area contributed by atoms with Crippen LogP contribution in [-0.2, 0) is 157 Å². The number of esters is 4. The topological polar surface area (TPSA) is 401 Å². The van der Waals surface area contributed by atoms with Gasteiger partial charge in [0, 0.05) is 115 Å². The summed E-state index contributed by atoms with van der Waals surface area (Å²) >= 11 is 0. The van der Waals surface area contributed by atoms with Crippen LogP contribution in [-0.4, -0.2) is 170 Å². The van der Waals surface area contributed by atoms with E-state index >= 15 is 0 Å². The molecule has 8 aromatic rings. The summed E-state index contributed by atoms with van der Waals surface area (Å²) in [6.07, 6.45) is -1.29. The van der Waals surface area contributed by atoms with Crippen LogP contribution in [0.5, 0.6) is 11.5 Å². The van der Waals surface area contributed by atoms with Crippen molar-refractivity contribution in [1.82, 2.24) is 21.3 Å². The molecule has 4 amide bonds. The van der Waals surface area contributed by atoms with E-state index in [-0.39, 0.29) is 177 Å². The first-order valence-electron chi connectivity index (χ1n) is 44.7. The number of carbonyl (C=O) groups excluding carboxylic acids is 14. The van der Waals surface area contributed by atoms with E-state index in [1.54, 1.807) is 111 Å². The van der Waals surface area contributed by atoms with E-state index in [9.17, 15) is 77.3 Å². The molecule has 28 heteroatoms. The molecule has 0 aliphatic rings. The number of phenolic OH excluding ortho intramolecular Hbond substituents is 2. The Kier molecular flexibility index (Phi) is 48.8. The van der Waals surface area contributed by atoms with Gasteiger partial charge in [-0.25, -0.2) is 0 Å². The molecule has 0 aliphatic carbocycles. The zero-order valence-corrected chi connectivity index (χ0v) is 75.6. The lowest BCUT2D eigenvalue weighted by Crippen LogP contribution is -2.48. The molecule has 0 bridgehead atoms. The van der Waals surface area contributed by atoms with Crippen molar-refractivity contribution >= 4 is 82.2 Å². The highest BCUT2D eigenvalue weighted by Gasteiger charge is 2.36. The van der Waals surface area contributed by atoms with Crippen molar-refractivity contribution in [3.8, 4) is 11.5 Å². The second-order valence-corrected chi connectivity index (χ2v) is 32.4. The van der Waals surface area contributed by atoms with Crippen LogP contribution in [0.15, 0.2) is 231 Å². The highest BCUT2D eigenvalue weighted by molar-refractivity contribution is 5.98. The quantitative estimate of drug-likeness (QED) is 0.0117. The standard InChI is InChI=1S/2C52H62N2O12/c2*1-37(55)31-43(32-39-20-23-44(56)24-21-39)52(62)54-46(33-38-13-6-3-7-14-38)48(58)34-42(22-26-49(59)65-35-40-15-8-4-9-16-40)51(61)53-45(47(57)19-12-28-64-30-29-63-2)25-27-50(60)66-36-41-17-10-5-11-18-41/h2*3-11,13-18,20-21,23-24,42-43,45-46,56H,12,19,22,25-36H2,1-2H3,(H,53,61)(H,54,62)/t2*42-,43+,45-,46-/m11/s1. The number of Topliss-reactive ketones (excluding diaryl/α,β-unsaturated/α-hetero) is 6. The number of nitrogens with one attached hydrogen (secondary N) is 4. The first-order valence-corrected chi connectivity index (χ1v) is 44.7. The fraction of sp³-hybridized carbons (Fsp3) is 0.404. The van der Waals surface area contributed by atoms with Gasteiger partial charge in [0.25, 0.3) is 0 Å². The largest absolute Gasteiger partial charge is 0.508 e. The van der Waals surface area contributed by atoms with Crippen molar-refractivity contribution < 1.29 is 115 Å². The Hall–Kier alpha value is -13.0. The van der Waals surface area contributed by atoms with Crippen molar-refractivity contribution in [1.29, 1.82) is 0 Å². The van der Waals surface area contributed by atoms with E-state index in [1.165, 1.54) is 38.1 Å². The Morgan fingerprint density at radius 2 is 0.523 bits per heavy atom. The number of methoxy groups -OCH3 is 2. The molecular weight excluding hydrogens is 1690 g/mol. The van der Waals surface area contributed by atoms with E-state index in [4.69, 9.17) is 37.9 Å². The van der Waals surface area contributed by atoms with Crippen LogP contribution in [0.3, 0.4) is 0 Å². The molecule has 704 valence electrons. The van der Waals surface area contributed by atoms with Crippen LogP contribution in [0.25, 0.3) is 0 Å². The molecule has 8 aromatic carbocycles. The lowest BCUT2D eigenvalue weighted by molar-refractivity contribution is -0.147. The van der Waals surface area contributed by atoms with E-state index in [1.807, 2.05) is 109 Å². The molecular formula is C104H124N4O24. The van der Waals surface area contributed by atoms with Gasteiger partial charge in [-0.05, 0) is 147 Å². The lowest BCUT2D eigenvalue weighted by atomic mass is 9.89. The highest BCUT2D eigenvalue weighted by atomic mass is 16.5. The molecule has 0 heterocycles. The van der Waals surface area contributed by atoms with Gasteiger partial charge in [-0.15, -0.1) is 0 Å². The summed E-state index contributed by atoms with van der Waals surface area (Å²) in [7, 11) is 3.10. The minimum absolute atomic E-state index is 0.00163. The number of aromatic hydroxyl groups is 2. The molecule has 8 rings (SSSR count). The van der Waals surface area contributed by atoms with Gasteiger partial charge in [-0.1, -0.05) is 206 Å². The van der Waals surface area contributed by atoms with Gasteiger partial charge in [0.15, 0.2) is 23.1 Å². The Labute approximate surface area is 771 Å². The Morgan fingerprint density at radius 1 is 0.265 bits per heavy atom. The van der Waals surface area contributed by atoms with Gasteiger partial charge >= 0.3 is 23.9 Å². The molecule has 0 aliphatic heterocycles. The smallest absolute Gasteiger partial charge is 0.306 e. The number of hydrogen-bond acceptors (Lipinski definition) is 24. The monoisotopic (exact) mass is 1810 g/mol. The molecule has 0 saturated carbocycles. The average Bonchev–Trinajstić information content (AvgIpc) is 0.856. The molecule has 6 N–H and O–H groups in total. The van der Waals surface area contributed by atoms with E-state index in [0.29, 0.717) is 50.4 Å². The number of carbonyl (C=O) groups is 14. The molecule has 132 heavy (non-hydrogen) atoms. The Balaban J connectivity index is 0.000000361. The molecule has 28 nitrogen and oxygen atoms in total. The van der Waals surface area contributed by atoms with Crippen LogP contribution in [0.1, 0.15) is 161 Å². The molecule has 0 fully saturated rings. The number of benzene rings is 8. The molecule has 8 atom stereocenters. The predicted molar refractivity (Wildman–Crippen MR) is 491 cm³/mol. The third-order valence-corrected chi connectivity index (χ3v) is 21.6. The van der Waals surface area contributed by atoms with Crippen LogP contribution in [0.4, 0.5) is 0 Å². The number of phenols is 2. The normalized spacial score (nSPS) is 12.8. The van der Waals surface area contributed by atoms with E-state index in [0.717, 1.165) is 33.4 Å². The summed E-state index contributed by atoms with van der Waals surface area (Å²) in [5.74, 6) is -11.0. The van der Waals surface area contributed by atoms with Gasteiger partial charge in [0.2, 0.25) is 23.6 Å². The summed E-state index contributed by atoms with van der Waals surface area (Å²) in [5.41, 5.74) is 5.92. The van der Waals surface area contributed by atoms with Crippen molar-refractivity contribution in [2.24, 2.45) is 23.7 Å². The second-order valence-electron chi connectivity index (χ2n) is 32.4. The highest BCUT2D eigenvalue weighted by Crippen LogP contribution is 2.26. The number of rotatable bonds is 62. The lowest BCUT2D eigenvalue weighted by Gasteiger charge is -2.25. The SMILES string of the molecule is COCCOCCCC(=O)[C@@H](CCC(=O)OCc1ccccc1)NC(=O)[C@H](CCC(=O)OCc1ccccc1)CC(=O)[C@@H](Cc1ccccc1)NC(=O)[C@@H](CC(C)=O)Cc1ccc(O)cc1.COCCOCCCC(=O)[C@@H](CCC(=O)OCc1ccccc1)NC(=O)[C@H](CCC(=O)OCc1ccccc1)CC(=O)[C@@H](Cc1ccccc1)NC(=O)[C@@H](CC(C)=O)Cc1ccc(O)cc1. The fourth-order valence-corrected chi connectivity index (χ4v) is 14.3. The summed E-state index contributed by atoms with van der Waals surface area (Å²) < 4.78 is 43.0. The number of hydrogen-bond donors (Lipinski definition) is 6. The van der Waals surface area contributed by atoms with E-state index < -0.39 is 120 Å². The van der Waals surface area contributed by atoms with Gasteiger partial charge in [0.05, 0.1) is 50.6 Å². The van der Waals surface area contributed by atoms with Crippen LogP contribution in [0, 0.1) is 23.7 Å². The zero-order chi connectivity index (χ0) is 95.0. The summed E-state index contributed by atoms with van der Waals surface area (Å²) in [6, 6.07) is 62.3. The summed E-state index contributed by atoms with van der Waals surface area (Å²) in [4.78, 5) is 190. The van der Waals surface area contributed by atoms with Crippen LogP contribution < -0.4 is 21.3 Å². The number of ether oxygens (including phenoxy) is 8. The average molecular weight is 1810 g/mol. The second kappa shape index (κ2) is 60.8. The molecule has 0 unspecified atom stereocenters. The van der Waals surface area contributed by atoms with Gasteiger partial charge in [0.1, 0.15) is 49.5 Å². The van der Waals surface area contributed by atoms with Crippen LogP contribution in [0.2, 0.25) is 0 Å². The summed E-state index contributed by atoms with van der Waals surface area (Å²) in [5, 5.41) is 30.9. The van der Waals surface area contributed by atoms with Crippen molar-refractivity contribution in [2.75, 3.05) is 53.9 Å². The zero-order valence-electron chi connectivity index (χ0n) is 75.6. The first kappa shape index (κ1) is 106. The Morgan fingerprint density at radius 3 is 0.803 bits per heavy atom. The minimum atomic E-state index is -1.17. The first-order chi connectivity index (χ1) is 63.8. The maximum absolute atomic E-state index is 14.5.